The largest absolute Gasteiger partial charge is 0.469 e. The monoisotopic (exact) mass is 268 g/mol. The second-order valence-electron chi connectivity index (χ2n) is 3.10. The van der Waals surface area contributed by atoms with Gasteiger partial charge in [0.05, 0.1) is 24.7 Å². The molecule has 2 aromatic rings. The van der Waals surface area contributed by atoms with Gasteiger partial charge in [-0.2, -0.15) is 5.10 Å². The number of hydrogen-bond donors (Lipinski definition) is 0. The van der Waals surface area contributed by atoms with Crippen LogP contribution in [0.1, 0.15) is 5.69 Å². The van der Waals surface area contributed by atoms with Crippen molar-refractivity contribution in [2.45, 2.75) is 6.42 Å². The maximum Gasteiger partial charge on any atom is 0.311 e. The average molecular weight is 269 g/mol. The Morgan fingerprint density at radius 2 is 2.40 bits per heavy atom. The molecule has 0 unspecified atom stereocenters. The third-order valence-corrected chi connectivity index (χ3v) is 2.52. The van der Waals surface area contributed by atoms with Crippen molar-refractivity contribution in [1.82, 2.24) is 9.61 Å². The molecule has 0 amide bonds. The number of hydrogen-bond acceptors (Lipinski definition) is 3. The van der Waals surface area contributed by atoms with Crippen LogP contribution >= 0.6 is 15.9 Å². The third-order valence-electron chi connectivity index (χ3n) is 2.03. The fourth-order valence-electron chi connectivity index (χ4n) is 1.33. The predicted octanol–water partition coefficient (Wildman–Crippen LogP) is 1.81. The molecule has 2 rings (SSSR count). The lowest BCUT2D eigenvalue weighted by atomic mass is 10.3. The van der Waals surface area contributed by atoms with Crippen molar-refractivity contribution in [3.05, 3.63) is 34.6 Å². The van der Waals surface area contributed by atoms with E-state index in [1.807, 2.05) is 24.4 Å². The zero-order valence-corrected chi connectivity index (χ0v) is 9.69. The number of pyridine rings is 1. The van der Waals surface area contributed by atoms with Crippen molar-refractivity contribution in [2.24, 2.45) is 0 Å². The molecule has 0 aliphatic heterocycles. The van der Waals surface area contributed by atoms with E-state index in [0.717, 1.165) is 9.99 Å². The molecule has 0 aromatic carbocycles. The molecule has 5 heteroatoms. The topological polar surface area (TPSA) is 43.6 Å². The first-order chi connectivity index (χ1) is 7.19. The minimum atomic E-state index is -0.280. The van der Waals surface area contributed by atoms with Gasteiger partial charge in [0.2, 0.25) is 0 Å². The van der Waals surface area contributed by atoms with Crippen LogP contribution in [0.15, 0.2) is 28.9 Å². The highest BCUT2D eigenvalue weighted by molar-refractivity contribution is 9.10. The zero-order valence-electron chi connectivity index (χ0n) is 8.11. The molecule has 2 heterocycles. The maximum atomic E-state index is 11.0. The van der Waals surface area contributed by atoms with Gasteiger partial charge >= 0.3 is 5.97 Å². The first kappa shape index (κ1) is 10.2. The number of rotatable bonds is 2. The lowest BCUT2D eigenvalue weighted by Crippen LogP contribution is -2.04. The molecule has 0 radical (unpaired) electrons. The SMILES string of the molecule is COC(=O)Cc1cc2cc(Br)ccn2n1. The molecule has 0 bridgehead atoms. The number of aromatic nitrogens is 2. The quantitative estimate of drug-likeness (QED) is 0.781. The Kier molecular flexibility index (Phi) is 2.73. The first-order valence-electron chi connectivity index (χ1n) is 4.39. The third kappa shape index (κ3) is 2.18. The van der Waals surface area contributed by atoms with Crippen LogP contribution in [0.4, 0.5) is 0 Å². The summed E-state index contributed by atoms with van der Waals surface area (Å²) in [6.07, 6.45) is 2.04. The summed E-state index contributed by atoms with van der Waals surface area (Å²) in [6.45, 7) is 0. The summed E-state index contributed by atoms with van der Waals surface area (Å²) in [5.41, 5.74) is 1.66. The summed E-state index contributed by atoms with van der Waals surface area (Å²) < 4.78 is 7.29. The molecule has 0 atom stereocenters. The highest BCUT2D eigenvalue weighted by Gasteiger charge is 2.07. The van der Waals surface area contributed by atoms with Crippen molar-refractivity contribution in [1.29, 1.82) is 0 Å². The summed E-state index contributed by atoms with van der Waals surface area (Å²) >= 11 is 3.37. The van der Waals surface area contributed by atoms with Crippen molar-refractivity contribution >= 4 is 27.4 Å². The Bertz CT molecular complexity index is 507. The molecule has 0 N–H and O–H groups in total. The Labute approximate surface area is 95.0 Å². The summed E-state index contributed by atoms with van der Waals surface area (Å²) in [4.78, 5) is 11.0. The molecule has 2 aromatic heterocycles. The number of halogens is 1. The van der Waals surface area contributed by atoms with E-state index in [0.29, 0.717) is 5.69 Å². The Morgan fingerprint density at radius 3 is 3.13 bits per heavy atom. The van der Waals surface area contributed by atoms with Gasteiger partial charge in [0.25, 0.3) is 0 Å². The number of methoxy groups -OCH3 is 1. The molecule has 0 aliphatic carbocycles. The van der Waals surface area contributed by atoms with Crippen molar-refractivity contribution < 1.29 is 9.53 Å². The van der Waals surface area contributed by atoms with Crippen LogP contribution in [0.3, 0.4) is 0 Å². The van der Waals surface area contributed by atoms with Crippen LogP contribution < -0.4 is 0 Å². The number of ether oxygens (including phenoxy) is 1. The normalized spacial score (nSPS) is 10.5. The van der Waals surface area contributed by atoms with Gasteiger partial charge < -0.3 is 4.74 Å². The van der Waals surface area contributed by atoms with Crippen LogP contribution in [0.5, 0.6) is 0 Å². The maximum absolute atomic E-state index is 11.0. The Balaban J connectivity index is 2.34. The van der Waals surface area contributed by atoms with Gasteiger partial charge in [0.1, 0.15) is 0 Å². The van der Waals surface area contributed by atoms with Gasteiger partial charge in [-0.05, 0) is 18.2 Å². The Hall–Kier alpha value is -1.36. The molecule has 78 valence electrons. The fourth-order valence-corrected chi connectivity index (χ4v) is 1.68. The van der Waals surface area contributed by atoms with E-state index in [2.05, 4.69) is 25.8 Å². The Morgan fingerprint density at radius 1 is 1.60 bits per heavy atom. The number of fused-ring (bicyclic) bond motifs is 1. The number of carbonyl (C=O) groups is 1. The lowest BCUT2D eigenvalue weighted by Gasteiger charge is -1.93. The summed E-state index contributed by atoms with van der Waals surface area (Å²) in [7, 11) is 1.37. The highest BCUT2D eigenvalue weighted by Crippen LogP contribution is 2.14. The minimum absolute atomic E-state index is 0.204. The van der Waals surface area contributed by atoms with E-state index in [1.54, 1.807) is 4.52 Å². The molecule has 15 heavy (non-hydrogen) atoms. The van der Waals surface area contributed by atoms with Gasteiger partial charge in [-0.15, -0.1) is 0 Å². The predicted molar refractivity (Wildman–Crippen MR) is 58.6 cm³/mol. The molecule has 0 saturated carbocycles. The summed E-state index contributed by atoms with van der Waals surface area (Å²) in [6, 6.07) is 5.69. The van der Waals surface area contributed by atoms with Gasteiger partial charge in [-0.3, -0.25) is 4.79 Å². The van der Waals surface area contributed by atoms with Crippen LogP contribution in [-0.4, -0.2) is 22.7 Å². The van der Waals surface area contributed by atoms with Crippen LogP contribution in [0, 0.1) is 0 Å². The number of nitrogens with zero attached hydrogens (tertiary/aromatic N) is 2. The number of carbonyl (C=O) groups excluding carboxylic acids is 1. The number of esters is 1. The molecule has 0 aliphatic rings. The van der Waals surface area contributed by atoms with E-state index in [-0.39, 0.29) is 12.4 Å². The van der Waals surface area contributed by atoms with Crippen LogP contribution in [0.2, 0.25) is 0 Å². The van der Waals surface area contributed by atoms with Crippen LogP contribution in [-0.2, 0) is 16.0 Å². The summed E-state index contributed by atoms with van der Waals surface area (Å²) in [5.74, 6) is -0.280. The second kappa shape index (κ2) is 4.02. The van der Waals surface area contributed by atoms with E-state index in [4.69, 9.17) is 0 Å². The van der Waals surface area contributed by atoms with Crippen molar-refractivity contribution in [3.63, 3.8) is 0 Å². The summed E-state index contributed by atoms with van der Waals surface area (Å²) in [5, 5.41) is 4.24. The second-order valence-corrected chi connectivity index (χ2v) is 4.02. The van der Waals surface area contributed by atoms with Gasteiger partial charge in [0, 0.05) is 10.7 Å². The molecule has 0 saturated heterocycles. The van der Waals surface area contributed by atoms with E-state index < -0.39 is 0 Å². The van der Waals surface area contributed by atoms with E-state index in [1.165, 1.54) is 7.11 Å². The molecule has 4 nitrogen and oxygen atoms in total. The standard InChI is InChI=1S/C10H9BrN2O2/c1-15-10(14)6-8-5-9-4-7(11)2-3-13(9)12-8/h2-5H,6H2,1H3. The fraction of sp³-hybridized carbons (Fsp3) is 0.200. The van der Waals surface area contributed by atoms with Gasteiger partial charge in [0.15, 0.2) is 0 Å². The highest BCUT2D eigenvalue weighted by atomic mass is 79.9. The molecular weight excluding hydrogens is 260 g/mol. The molecule has 0 spiro atoms. The molecular formula is C10H9BrN2O2. The van der Waals surface area contributed by atoms with Crippen LogP contribution in [0.25, 0.3) is 5.52 Å². The van der Waals surface area contributed by atoms with E-state index in [9.17, 15) is 4.79 Å². The van der Waals surface area contributed by atoms with Crippen molar-refractivity contribution in [3.8, 4) is 0 Å². The average Bonchev–Trinajstić information content (AvgIpc) is 2.59. The minimum Gasteiger partial charge on any atom is -0.469 e. The first-order valence-corrected chi connectivity index (χ1v) is 5.19. The zero-order chi connectivity index (χ0) is 10.8. The van der Waals surface area contributed by atoms with Gasteiger partial charge in [-0.25, -0.2) is 4.52 Å². The smallest absolute Gasteiger partial charge is 0.311 e. The van der Waals surface area contributed by atoms with E-state index >= 15 is 0 Å². The van der Waals surface area contributed by atoms with Crippen molar-refractivity contribution in [2.75, 3.05) is 7.11 Å². The lowest BCUT2D eigenvalue weighted by molar-refractivity contribution is -0.139. The molecule has 0 fully saturated rings. The van der Waals surface area contributed by atoms with Gasteiger partial charge in [-0.1, -0.05) is 15.9 Å².